The predicted octanol–water partition coefficient (Wildman–Crippen LogP) is 1.73. The number of methoxy groups -OCH3 is 1. The molecule has 27 heavy (non-hydrogen) atoms. The van der Waals surface area contributed by atoms with E-state index in [9.17, 15) is 14.4 Å². The molecule has 7 nitrogen and oxygen atoms in total. The maximum atomic E-state index is 12.5. The van der Waals surface area contributed by atoms with Crippen LogP contribution in [0.25, 0.3) is 10.8 Å². The van der Waals surface area contributed by atoms with E-state index in [0.29, 0.717) is 36.1 Å². The van der Waals surface area contributed by atoms with Gasteiger partial charge in [-0.1, -0.05) is 24.3 Å². The molecule has 142 valence electrons. The van der Waals surface area contributed by atoms with E-state index in [0.717, 1.165) is 5.39 Å². The molecule has 1 heterocycles. The van der Waals surface area contributed by atoms with Crippen molar-refractivity contribution in [2.24, 2.45) is 11.7 Å². The summed E-state index contributed by atoms with van der Waals surface area (Å²) in [5.41, 5.74) is 5.70. The first-order valence-corrected chi connectivity index (χ1v) is 8.81. The molecule has 7 heteroatoms. The van der Waals surface area contributed by atoms with Crippen molar-refractivity contribution in [1.29, 1.82) is 0 Å². The van der Waals surface area contributed by atoms with Crippen LogP contribution < -0.4 is 10.5 Å². The van der Waals surface area contributed by atoms with Crippen molar-refractivity contribution in [3.8, 4) is 5.75 Å². The van der Waals surface area contributed by atoms with E-state index in [1.807, 2.05) is 18.2 Å². The van der Waals surface area contributed by atoms with E-state index >= 15 is 0 Å². The van der Waals surface area contributed by atoms with E-state index in [-0.39, 0.29) is 25.0 Å². The number of carbonyl (C=O) groups excluding carboxylic acids is 3. The summed E-state index contributed by atoms with van der Waals surface area (Å²) in [6.07, 6.45) is 1.38. The summed E-state index contributed by atoms with van der Waals surface area (Å²) in [7, 11) is 1.57. The molecule has 1 aliphatic heterocycles. The Morgan fingerprint density at radius 1 is 1.15 bits per heavy atom. The molecule has 0 spiro atoms. The first-order valence-electron chi connectivity index (χ1n) is 8.81. The summed E-state index contributed by atoms with van der Waals surface area (Å²) >= 11 is 0. The second-order valence-corrected chi connectivity index (χ2v) is 6.52. The summed E-state index contributed by atoms with van der Waals surface area (Å²) in [6, 6.07) is 10.7. The van der Waals surface area contributed by atoms with E-state index in [2.05, 4.69) is 0 Å². The molecule has 0 saturated carbocycles. The number of benzene rings is 2. The molecule has 2 amide bonds. The number of rotatable bonds is 5. The number of fused-ring (bicyclic) bond motifs is 1. The SMILES string of the molecule is COc1ccc(C(=O)OCC(=O)N2CCC[C@@H](C(N)=O)C2)c2ccccc12. The lowest BCUT2D eigenvalue weighted by Crippen LogP contribution is -2.45. The highest BCUT2D eigenvalue weighted by molar-refractivity contribution is 6.06. The smallest absolute Gasteiger partial charge is 0.339 e. The zero-order valence-electron chi connectivity index (χ0n) is 15.1. The van der Waals surface area contributed by atoms with Crippen LogP contribution in [-0.4, -0.2) is 49.5 Å². The van der Waals surface area contributed by atoms with Crippen LogP contribution in [0.4, 0.5) is 0 Å². The summed E-state index contributed by atoms with van der Waals surface area (Å²) in [4.78, 5) is 37.7. The van der Waals surface area contributed by atoms with Crippen LogP contribution in [0.1, 0.15) is 23.2 Å². The van der Waals surface area contributed by atoms with Crippen LogP contribution in [0.2, 0.25) is 0 Å². The second kappa shape index (κ2) is 8.07. The van der Waals surface area contributed by atoms with Crippen molar-refractivity contribution in [2.75, 3.05) is 26.8 Å². The maximum absolute atomic E-state index is 12.5. The Labute approximate surface area is 157 Å². The fourth-order valence-corrected chi connectivity index (χ4v) is 3.36. The molecule has 0 aromatic heterocycles. The monoisotopic (exact) mass is 370 g/mol. The molecule has 1 fully saturated rings. The number of primary amides is 1. The molecule has 1 atom stereocenters. The van der Waals surface area contributed by atoms with Crippen molar-refractivity contribution in [3.63, 3.8) is 0 Å². The van der Waals surface area contributed by atoms with Gasteiger partial charge in [-0.2, -0.15) is 0 Å². The second-order valence-electron chi connectivity index (χ2n) is 6.52. The van der Waals surface area contributed by atoms with E-state index in [1.165, 1.54) is 4.90 Å². The average molecular weight is 370 g/mol. The number of carbonyl (C=O) groups is 3. The average Bonchev–Trinajstić information content (AvgIpc) is 2.70. The van der Waals surface area contributed by atoms with Gasteiger partial charge in [0.25, 0.3) is 5.91 Å². The lowest BCUT2D eigenvalue weighted by Gasteiger charge is -2.31. The first-order chi connectivity index (χ1) is 13.0. The Hall–Kier alpha value is -3.09. The largest absolute Gasteiger partial charge is 0.496 e. The van der Waals surface area contributed by atoms with E-state index in [4.69, 9.17) is 15.2 Å². The zero-order valence-corrected chi connectivity index (χ0v) is 15.1. The predicted molar refractivity (Wildman–Crippen MR) is 99.3 cm³/mol. The topological polar surface area (TPSA) is 98.9 Å². The number of nitrogens with two attached hydrogens (primary N) is 1. The Bertz CT molecular complexity index is 880. The molecule has 0 bridgehead atoms. The van der Waals surface area contributed by atoms with Crippen LogP contribution in [-0.2, 0) is 14.3 Å². The fourth-order valence-electron chi connectivity index (χ4n) is 3.36. The number of piperidine rings is 1. The Morgan fingerprint density at radius 2 is 1.89 bits per heavy atom. The standard InChI is InChI=1S/C20H22N2O5/c1-26-17-9-8-16(14-6-2-3-7-15(14)17)20(25)27-12-18(23)22-10-4-5-13(11-22)19(21)24/h2-3,6-9,13H,4-5,10-12H2,1H3,(H2,21,24)/t13-/m1/s1. The van der Waals surface area contributed by atoms with Crippen LogP contribution in [0.5, 0.6) is 5.75 Å². The molecule has 2 aromatic carbocycles. The lowest BCUT2D eigenvalue weighted by molar-refractivity contribution is -0.137. The van der Waals surface area contributed by atoms with Gasteiger partial charge in [0, 0.05) is 18.5 Å². The fraction of sp³-hybridized carbons (Fsp3) is 0.350. The van der Waals surface area contributed by atoms with Crippen molar-refractivity contribution in [1.82, 2.24) is 4.90 Å². The quantitative estimate of drug-likeness (QED) is 0.808. The third-order valence-corrected chi connectivity index (χ3v) is 4.83. The molecule has 2 N–H and O–H groups in total. The summed E-state index contributed by atoms with van der Waals surface area (Å²) in [5.74, 6) is -1.00. The van der Waals surface area contributed by atoms with Gasteiger partial charge in [0.15, 0.2) is 6.61 Å². The number of nitrogens with zero attached hydrogens (tertiary/aromatic N) is 1. The van der Waals surface area contributed by atoms with Crippen LogP contribution >= 0.6 is 0 Å². The van der Waals surface area contributed by atoms with Crippen molar-refractivity contribution >= 4 is 28.6 Å². The van der Waals surface area contributed by atoms with Crippen molar-refractivity contribution in [2.45, 2.75) is 12.8 Å². The van der Waals surface area contributed by atoms with Gasteiger partial charge in [0.05, 0.1) is 18.6 Å². The molecule has 3 rings (SSSR count). The van der Waals surface area contributed by atoms with Gasteiger partial charge >= 0.3 is 5.97 Å². The maximum Gasteiger partial charge on any atom is 0.339 e. The van der Waals surface area contributed by atoms with Gasteiger partial charge < -0.3 is 20.1 Å². The van der Waals surface area contributed by atoms with E-state index in [1.54, 1.807) is 25.3 Å². The highest BCUT2D eigenvalue weighted by atomic mass is 16.5. The minimum Gasteiger partial charge on any atom is -0.496 e. The van der Waals surface area contributed by atoms with Crippen molar-refractivity contribution < 1.29 is 23.9 Å². The van der Waals surface area contributed by atoms with Crippen LogP contribution in [0.15, 0.2) is 36.4 Å². The molecule has 0 radical (unpaired) electrons. The number of likely N-dealkylation sites (tertiary alicyclic amines) is 1. The first kappa shape index (κ1) is 18.7. The van der Waals surface area contributed by atoms with Crippen molar-refractivity contribution in [3.05, 3.63) is 42.0 Å². The normalized spacial score (nSPS) is 16.8. The highest BCUT2D eigenvalue weighted by Gasteiger charge is 2.27. The Balaban J connectivity index is 1.69. The molecular formula is C20H22N2O5. The van der Waals surface area contributed by atoms with E-state index < -0.39 is 11.9 Å². The number of amides is 2. The number of hydrogen-bond acceptors (Lipinski definition) is 5. The lowest BCUT2D eigenvalue weighted by atomic mass is 9.97. The van der Waals surface area contributed by atoms with Gasteiger partial charge in [0.1, 0.15) is 5.75 Å². The number of esters is 1. The molecule has 1 aliphatic rings. The molecular weight excluding hydrogens is 348 g/mol. The van der Waals surface area contributed by atoms with Gasteiger partial charge in [-0.25, -0.2) is 4.79 Å². The highest BCUT2D eigenvalue weighted by Crippen LogP contribution is 2.28. The zero-order chi connectivity index (χ0) is 19.4. The number of hydrogen-bond donors (Lipinski definition) is 1. The van der Waals surface area contributed by atoms with Crippen LogP contribution in [0, 0.1) is 5.92 Å². The summed E-state index contributed by atoms with van der Waals surface area (Å²) in [6.45, 7) is 0.438. The third-order valence-electron chi connectivity index (χ3n) is 4.83. The van der Waals surface area contributed by atoms with Gasteiger partial charge in [-0.3, -0.25) is 9.59 Å². The Morgan fingerprint density at radius 3 is 2.59 bits per heavy atom. The van der Waals surface area contributed by atoms with Crippen LogP contribution in [0.3, 0.4) is 0 Å². The third kappa shape index (κ3) is 4.02. The number of ether oxygens (including phenoxy) is 2. The molecule has 1 saturated heterocycles. The van der Waals surface area contributed by atoms with Gasteiger partial charge in [0.2, 0.25) is 5.91 Å². The Kier molecular flexibility index (Phi) is 5.59. The molecule has 0 aliphatic carbocycles. The minimum absolute atomic E-state index is 0.275. The molecule has 0 unspecified atom stereocenters. The summed E-state index contributed by atoms with van der Waals surface area (Å²) in [5, 5.41) is 1.49. The summed E-state index contributed by atoms with van der Waals surface area (Å²) < 4.78 is 10.6. The minimum atomic E-state index is -0.578. The molecule has 2 aromatic rings. The van der Waals surface area contributed by atoms with Gasteiger partial charge in [-0.15, -0.1) is 0 Å². The van der Waals surface area contributed by atoms with Gasteiger partial charge in [-0.05, 0) is 30.4 Å².